The first-order valence-corrected chi connectivity index (χ1v) is 7.10. The van der Waals surface area contributed by atoms with Crippen LogP contribution < -0.4 is 5.43 Å². The van der Waals surface area contributed by atoms with Crippen LogP contribution in [0.1, 0.15) is 17.8 Å². The maximum Gasteiger partial charge on any atom is 0.305 e. The van der Waals surface area contributed by atoms with E-state index in [4.69, 9.17) is 9.84 Å². The topological polar surface area (TPSA) is 112 Å². The van der Waals surface area contributed by atoms with Gasteiger partial charge in [-0.3, -0.25) is 14.5 Å². The van der Waals surface area contributed by atoms with Crippen molar-refractivity contribution in [3.63, 3.8) is 0 Å². The molecule has 1 aromatic heterocycles. The summed E-state index contributed by atoms with van der Waals surface area (Å²) in [6.07, 6.45) is -0.161. The molecule has 0 saturated carbocycles. The molecule has 122 valence electrons. The Balaban J connectivity index is 2.35. The van der Waals surface area contributed by atoms with Crippen LogP contribution in [0.2, 0.25) is 0 Å². The number of morpholine rings is 1. The highest BCUT2D eigenvalue weighted by Gasteiger charge is 2.19. The number of carboxylic acid groups (broad SMARTS) is 1. The number of ether oxygens (including phenoxy) is 1. The van der Waals surface area contributed by atoms with Gasteiger partial charge in [-0.15, -0.1) is 0 Å². The van der Waals surface area contributed by atoms with E-state index in [0.29, 0.717) is 44.2 Å². The van der Waals surface area contributed by atoms with Crippen molar-refractivity contribution in [2.24, 2.45) is 0 Å². The number of aliphatic carboxylic acids is 1. The average molecular weight is 312 g/mol. The Morgan fingerprint density at radius 2 is 2.00 bits per heavy atom. The normalized spacial score (nSPS) is 15.9. The third-order valence-corrected chi connectivity index (χ3v) is 3.67. The molecule has 2 rings (SSSR count). The van der Waals surface area contributed by atoms with Gasteiger partial charge in [0, 0.05) is 37.9 Å². The van der Waals surface area contributed by atoms with Crippen LogP contribution in [-0.2, 0) is 29.2 Å². The molecule has 0 bridgehead atoms. The predicted molar refractivity (Wildman–Crippen MR) is 76.6 cm³/mol. The van der Waals surface area contributed by atoms with Crippen LogP contribution >= 0.6 is 0 Å². The van der Waals surface area contributed by atoms with Crippen molar-refractivity contribution in [1.82, 2.24) is 9.47 Å². The molecular weight excluding hydrogens is 292 g/mol. The fourth-order valence-corrected chi connectivity index (χ4v) is 2.49. The molecule has 1 aliphatic rings. The zero-order valence-corrected chi connectivity index (χ0v) is 12.2. The van der Waals surface area contributed by atoms with Gasteiger partial charge >= 0.3 is 5.97 Å². The highest BCUT2D eigenvalue weighted by Crippen LogP contribution is 2.18. The molecule has 0 aromatic carbocycles. The van der Waals surface area contributed by atoms with E-state index in [0.717, 1.165) is 6.07 Å². The van der Waals surface area contributed by atoms with E-state index < -0.39 is 23.8 Å². The fraction of sp³-hybridized carbons (Fsp3) is 0.571. The van der Waals surface area contributed by atoms with Gasteiger partial charge < -0.3 is 24.6 Å². The van der Waals surface area contributed by atoms with Crippen molar-refractivity contribution in [2.45, 2.75) is 26.1 Å². The summed E-state index contributed by atoms with van der Waals surface area (Å²) >= 11 is 0. The maximum atomic E-state index is 11.8. The number of aliphatic hydroxyl groups is 1. The summed E-state index contributed by atoms with van der Waals surface area (Å²) in [5.74, 6) is -1.38. The number of aromatic hydroxyl groups is 1. The van der Waals surface area contributed by atoms with Crippen LogP contribution in [0.4, 0.5) is 0 Å². The minimum Gasteiger partial charge on any atom is -0.503 e. The van der Waals surface area contributed by atoms with Gasteiger partial charge in [-0.1, -0.05) is 0 Å². The maximum absolute atomic E-state index is 11.8. The molecule has 8 nitrogen and oxygen atoms in total. The second kappa shape index (κ2) is 7.39. The van der Waals surface area contributed by atoms with E-state index in [2.05, 4.69) is 0 Å². The van der Waals surface area contributed by atoms with E-state index in [1.165, 1.54) is 4.57 Å². The average Bonchev–Trinajstić information content (AvgIpc) is 2.51. The van der Waals surface area contributed by atoms with Gasteiger partial charge in [-0.25, -0.2) is 0 Å². The predicted octanol–water partition coefficient (Wildman–Crippen LogP) is -0.647. The van der Waals surface area contributed by atoms with Crippen molar-refractivity contribution in [3.05, 3.63) is 27.7 Å². The highest BCUT2D eigenvalue weighted by molar-refractivity contribution is 5.66. The lowest BCUT2D eigenvalue weighted by molar-refractivity contribution is -0.137. The molecule has 3 N–H and O–H groups in total. The van der Waals surface area contributed by atoms with E-state index in [1.807, 2.05) is 4.90 Å². The van der Waals surface area contributed by atoms with Crippen LogP contribution in [0.15, 0.2) is 10.9 Å². The van der Waals surface area contributed by atoms with Crippen molar-refractivity contribution in [3.8, 4) is 5.75 Å². The third-order valence-electron chi connectivity index (χ3n) is 3.67. The number of carbonyl (C=O) groups is 1. The number of aliphatic hydroxyl groups excluding tert-OH is 1. The van der Waals surface area contributed by atoms with Crippen molar-refractivity contribution >= 4 is 5.97 Å². The lowest BCUT2D eigenvalue weighted by atomic mass is 10.2. The van der Waals surface area contributed by atoms with E-state index in [1.54, 1.807) is 0 Å². The van der Waals surface area contributed by atoms with Crippen LogP contribution in [0, 0.1) is 0 Å². The molecule has 0 radical (unpaired) electrons. The minimum atomic E-state index is -0.987. The SMILES string of the molecule is O=C(O)CCn1c(CO)cc(=O)c(O)c1CN1CCOCC1. The van der Waals surface area contributed by atoms with Gasteiger partial charge in [0.2, 0.25) is 5.43 Å². The Kier molecular flexibility index (Phi) is 5.53. The lowest BCUT2D eigenvalue weighted by Crippen LogP contribution is -2.37. The lowest BCUT2D eigenvalue weighted by Gasteiger charge is -2.28. The summed E-state index contributed by atoms with van der Waals surface area (Å²) in [5, 5.41) is 28.3. The van der Waals surface area contributed by atoms with Gasteiger partial charge in [0.15, 0.2) is 5.75 Å². The quantitative estimate of drug-likeness (QED) is 0.640. The molecule has 0 atom stereocenters. The molecule has 0 aliphatic carbocycles. The summed E-state index contributed by atoms with van der Waals surface area (Å²) in [5.41, 5.74) is 0.0610. The number of pyridine rings is 1. The van der Waals surface area contributed by atoms with Gasteiger partial charge in [-0.05, 0) is 0 Å². The molecule has 8 heteroatoms. The van der Waals surface area contributed by atoms with E-state index in [9.17, 15) is 19.8 Å². The van der Waals surface area contributed by atoms with Gasteiger partial charge in [-0.2, -0.15) is 0 Å². The highest BCUT2D eigenvalue weighted by atomic mass is 16.5. The molecule has 0 amide bonds. The smallest absolute Gasteiger partial charge is 0.305 e. The standard InChI is InChI=1S/C14H20N2O6/c17-9-10-7-12(18)14(21)11(16(10)2-1-13(19)20)8-15-3-5-22-6-4-15/h7,17,21H,1-6,8-9H2,(H,19,20). The summed E-state index contributed by atoms with van der Waals surface area (Å²) in [4.78, 5) is 24.6. The van der Waals surface area contributed by atoms with Gasteiger partial charge in [0.05, 0.1) is 31.9 Å². The van der Waals surface area contributed by atoms with Crippen molar-refractivity contribution < 1.29 is 24.9 Å². The van der Waals surface area contributed by atoms with Gasteiger partial charge in [0.1, 0.15) is 0 Å². The Morgan fingerprint density at radius 1 is 1.32 bits per heavy atom. The second-order valence-electron chi connectivity index (χ2n) is 5.14. The first kappa shape index (κ1) is 16.5. The molecule has 0 spiro atoms. The third kappa shape index (κ3) is 3.85. The number of hydrogen-bond donors (Lipinski definition) is 3. The zero-order chi connectivity index (χ0) is 16.1. The molecule has 2 heterocycles. The van der Waals surface area contributed by atoms with Crippen molar-refractivity contribution in [1.29, 1.82) is 0 Å². The summed E-state index contributed by atoms with van der Waals surface area (Å²) in [7, 11) is 0. The van der Waals surface area contributed by atoms with Crippen LogP contribution in [-0.4, -0.2) is 57.1 Å². The number of nitrogens with zero attached hydrogens (tertiary/aromatic N) is 2. The Hall–Kier alpha value is -1.90. The summed E-state index contributed by atoms with van der Waals surface area (Å²) < 4.78 is 6.77. The molecule has 1 fully saturated rings. The Morgan fingerprint density at radius 3 is 2.59 bits per heavy atom. The number of rotatable bonds is 6. The molecule has 1 saturated heterocycles. The number of carboxylic acids is 1. The minimum absolute atomic E-state index is 0.0821. The number of aromatic nitrogens is 1. The fourth-order valence-electron chi connectivity index (χ4n) is 2.49. The van der Waals surface area contributed by atoms with Crippen LogP contribution in [0.3, 0.4) is 0 Å². The first-order valence-electron chi connectivity index (χ1n) is 7.10. The van der Waals surface area contributed by atoms with Crippen LogP contribution in [0.5, 0.6) is 5.75 Å². The molecule has 0 unspecified atom stereocenters. The first-order chi connectivity index (χ1) is 10.5. The Labute approximate surface area is 127 Å². The van der Waals surface area contributed by atoms with E-state index in [-0.39, 0.29) is 13.0 Å². The molecule has 1 aromatic rings. The molecular formula is C14H20N2O6. The van der Waals surface area contributed by atoms with Crippen LogP contribution in [0.25, 0.3) is 0 Å². The summed E-state index contributed by atoms with van der Waals surface area (Å²) in [6, 6.07) is 1.14. The molecule has 22 heavy (non-hydrogen) atoms. The number of hydrogen-bond acceptors (Lipinski definition) is 6. The van der Waals surface area contributed by atoms with Crippen molar-refractivity contribution in [2.75, 3.05) is 26.3 Å². The van der Waals surface area contributed by atoms with Gasteiger partial charge in [0.25, 0.3) is 0 Å². The largest absolute Gasteiger partial charge is 0.503 e. The Bertz CT molecular complexity index is 592. The summed E-state index contributed by atoms with van der Waals surface area (Å²) in [6.45, 7) is 2.45. The zero-order valence-electron chi connectivity index (χ0n) is 12.2. The second-order valence-corrected chi connectivity index (χ2v) is 5.14. The van der Waals surface area contributed by atoms with E-state index >= 15 is 0 Å². The monoisotopic (exact) mass is 312 g/mol. The molecule has 1 aliphatic heterocycles.